The smallest absolute Gasteiger partial charge is 0.168 e. The predicted octanol–water partition coefficient (Wildman–Crippen LogP) is 1.16. The summed E-state index contributed by atoms with van der Waals surface area (Å²) in [5.41, 5.74) is 5.39. The number of nitrogens with two attached hydrogens (primary N) is 1. The molecule has 4 radical (unpaired) electrons. The van der Waals surface area contributed by atoms with Crippen LogP contribution in [0.4, 0.5) is 8.78 Å². The maximum atomic E-state index is 13.6. The molecule has 0 bridgehead atoms. The Hall–Kier alpha value is -1.03. The van der Waals surface area contributed by atoms with Crippen LogP contribution >= 0.6 is 0 Å². The van der Waals surface area contributed by atoms with Gasteiger partial charge in [0.15, 0.2) is 11.6 Å². The maximum Gasteiger partial charge on any atom is 0.168 e. The van der Waals surface area contributed by atoms with E-state index in [4.69, 9.17) is 26.2 Å². The molecule has 0 unspecified atom stereocenters. The van der Waals surface area contributed by atoms with Gasteiger partial charge in [-0.3, -0.25) is 0 Å². The van der Waals surface area contributed by atoms with Gasteiger partial charge in [-0.25, -0.2) is 8.78 Å². The molecule has 0 aromatic heterocycles. The predicted molar refractivity (Wildman–Crippen MR) is 62.0 cm³/mol. The van der Waals surface area contributed by atoms with E-state index in [1.165, 1.54) is 0 Å². The summed E-state index contributed by atoms with van der Waals surface area (Å²) in [5.74, 6) is -1.37. The van der Waals surface area contributed by atoms with Crippen LogP contribution in [0.3, 0.4) is 0 Å². The van der Waals surface area contributed by atoms with Crippen LogP contribution in [-0.4, -0.2) is 22.3 Å². The largest absolute Gasteiger partial charge is 0.490 e. The van der Waals surface area contributed by atoms with Crippen molar-refractivity contribution in [1.29, 1.82) is 0 Å². The van der Waals surface area contributed by atoms with E-state index in [0.29, 0.717) is 12.5 Å². The Balaban J connectivity index is 2.32. The van der Waals surface area contributed by atoms with E-state index < -0.39 is 17.0 Å². The monoisotopic (exact) mass is 233 g/mol. The molecule has 0 amide bonds. The van der Waals surface area contributed by atoms with Crippen LogP contribution in [0.2, 0.25) is 0 Å². The zero-order valence-electron chi connectivity index (χ0n) is 9.25. The SMILES string of the molecule is [B]C([B])(N)c1cc(F)cc(F)c1OCC1CC1. The Kier molecular flexibility index (Phi) is 3.17. The number of benzene rings is 1. The Bertz CT molecular complexity index is 430. The van der Waals surface area contributed by atoms with Gasteiger partial charge in [-0.1, -0.05) is 0 Å². The van der Waals surface area contributed by atoms with Crippen LogP contribution in [0.5, 0.6) is 5.75 Å². The minimum Gasteiger partial charge on any atom is -0.490 e. The first-order chi connectivity index (χ1) is 7.88. The van der Waals surface area contributed by atoms with Gasteiger partial charge in [-0.2, -0.15) is 0 Å². The van der Waals surface area contributed by atoms with Crippen molar-refractivity contribution < 1.29 is 13.5 Å². The fourth-order valence-electron chi connectivity index (χ4n) is 1.51. The summed E-state index contributed by atoms with van der Waals surface area (Å²) in [5, 5.41) is -1.83. The molecule has 1 aliphatic rings. The molecule has 86 valence electrons. The molecular weight excluding hydrogens is 222 g/mol. The lowest BCUT2D eigenvalue weighted by Crippen LogP contribution is -2.38. The molecule has 6 heteroatoms. The number of rotatable bonds is 4. The van der Waals surface area contributed by atoms with Crippen molar-refractivity contribution >= 4 is 15.7 Å². The van der Waals surface area contributed by atoms with E-state index in [0.717, 1.165) is 25.0 Å². The molecule has 1 aromatic rings. The number of halogens is 2. The van der Waals surface area contributed by atoms with E-state index in [9.17, 15) is 8.78 Å². The Morgan fingerprint density at radius 2 is 2.00 bits per heavy atom. The molecule has 0 spiro atoms. The second kappa shape index (κ2) is 4.33. The van der Waals surface area contributed by atoms with Crippen molar-refractivity contribution in [2.24, 2.45) is 11.7 Å². The molecule has 1 aromatic carbocycles. The molecule has 0 atom stereocenters. The summed E-state index contributed by atoms with van der Waals surface area (Å²) in [6.07, 6.45) is 2.11. The zero-order valence-corrected chi connectivity index (χ0v) is 9.25. The third-order valence-electron chi connectivity index (χ3n) is 2.64. The Labute approximate surface area is 101 Å². The fourth-order valence-corrected chi connectivity index (χ4v) is 1.51. The summed E-state index contributed by atoms with van der Waals surface area (Å²) < 4.78 is 32.0. The Morgan fingerprint density at radius 1 is 1.35 bits per heavy atom. The lowest BCUT2D eigenvalue weighted by molar-refractivity contribution is 0.280. The van der Waals surface area contributed by atoms with E-state index in [1.54, 1.807) is 0 Å². The highest BCUT2D eigenvalue weighted by Gasteiger charge is 2.26. The van der Waals surface area contributed by atoms with Crippen LogP contribution in [0.25, 0.3) is 0 Å². The fraction of sp³-hybridized carbons (Fsp3) is 0.455. The van der Waals surface area contributed by atoms with E-state index in [-0.39, 0.29) is 11.3 Å². The van der Waals surface area contributed by atoms with Gasteiger partial charge >= 0.3 is 0 Å². The highest BCUT2D eigenvalue weighted by Crippen LogP contribution is 2.33. The summed E-state index contributed by atoms with van der Waals surface area (Å²) in [4.78, 5) is 0. The van der Waals surface area contributed by atoms with Crippen molar-refractivity contribution in [3.63, 3.8) is 0 Å². The lowest BCUT2D eigenvalue weighted by Gasteiger charge is -2.24. The molecule has 0 saturated heterocycles. The second-order valence-corrected chi connectivity index (χ2v) is 4.45. The van der Waals surface area contributed by atoms with E-state index in [1.807, 2.05) is 0 Å². The van der Waals surface area contributed by atoms with Crippen molar-refractivity contribution in [2.75, 3.05) is 6.61 Å². The zero-order chi connectivity index (χ0) is 12.6. The summed E-state index contributed by atoms with van der Waals surface area (Å²) in [6, 6.07) is 1.71. The first-order valence-electron chi connectivity index (χ1n) is 5.37. The molecule has 1 saturated carbocycles. The molecule has 1 fully saturated rings. The topological polar surface area (TPSA) is 35.2 Å². The summed E-state index contributed by atoms with van der Waals surface area (Å²) >= 11 is 0. The molecule has 2 rings (SSSR count). The van der Waals surface area contributed by atoms with Gasteiger partial charge in [-0.15, -0.1) is 0 Å². The highest BCUT2D eigenvalue weighted by atomic mass is 19.1. The maximum absolute atomic E-state index is 13.6. The van der Waals surface area contributed by atoms with Crippen molar-refractivity contribution in [3.8, 4) is 5.75 Å². The number of hydrogen-bond acceptors (Lipinski definition) is 2. The van der Waals surface area contributed by atoms with E-state index >= 15 is 0 Å². The van der Waals surface area contributed by atoms with Gasteiger partial charge in [-0.05, 0) is 30.2 Å². The van der Waals surface area contributed by atoms with Crippen LogP contribution in [0.1, 0.15) is 18.4 Å². The van der Waals surface area contributed by atoms with Gasteiger partial charge in [0.05, 0.1) is 22.3 Å². The summed E-state index contributed by atoms with van der Waals surface area (Å²) in [7, 11) is 10.9. The summed E-state index contributed by atoms with van der Waals surface area (Å²) in [6.45, 7) is 0.367. The average Bonchev–Trinajstić information content (AvgIpc) is 2.97. The first kappa shape index (κ1) is 12.4. The van der Waals surface area contributed by atoms with Crippen LogP contribution in [-0.2, 0) is 5.34 Å². The quantitative estimate of drug-likeness (QED) is 0.791. The number of ether oxygens (including phenoxy) is 1. The molecule has 2 nitrogen and oxygen atoms in total. The highest BCUT2D eigenvalue weighted by molar-refractivity contribution is 6.39. The molecule has 2 N–H and O–H groups in total. The molecule has 17 heavy (non-hydrogen) atoms. The standard InChI is InChI=1S/C11H11B2F2NO/c12-11(13,16)8-3-7(14)4-9(15)10(8)17-5-6-1-2-6/h3-4,6H,1-2,5,16H2. The van der Waals surface area contributed by atoms with Crippen LogP contribution in [0, 0.1) is 17.6 Å². The normalized spacial score (nSPS) is 15.9. The molecule has 0 heterocycles. The van der Waals surface area contributed by atoms with Crippen LogP contribution < -0.4 is 10.5 Å². The van der Waals surface area contributed by atoms with Crippen molar-refractivity contribution in [2.45, 2.75) is 18.2 Å². The third kappa shape index (κ3) is 3.00. The van der Waals surface area contributed by atoms with Crippen LogP contribution in [0.15, 0.2) is 12.1 Å². The number of hydrogen-bond donors (Lipinski definition) is 1. The van der Waals surface area contributed by atoms with Gasteiger partial charge in [0.25, 0.3) is 0 Å². The lowest BCUT2D eigenvalue weighted by atomic mass is 9.59. The van der Waals surface area contributed by atoms with Crippen molar-refractivity contribution in [3.05, 3.63) is 29.3 Å². The minimum absolute atomic E-state index is 0.0735. The van der Waals surface area contributed by atoms with Crippen molar-refractivity contribution in [1.82, 2.24) is 0 Å². The Morgan fingerprint density at radius 3 is 2.53 bits per heavy atom. The third-order valence-corrected chi connectivity index (χ3v) is 2.64. The average molecular weight is 233 g/mol. The molecule has 1 aliphatic carbocycles. The van der Waals surface area contributed by atoms with Gasteiger partial charge in [0.1, 0.15) is 5.82 Å². The van der Waals surface area contributed by atoms with Gasteiger partial charge < -0.3 is 10.5 Å². The molecular formula is C11H11B2F2NO. The minimum atomic E-state index is -1.83. The first-order valence-corrected chi connectivity index (χ1v) is 5.37. The second-order valence-electron chi connectivity index (χ2n) is 4.45. The van der Waals surface area contributed by atoms with Gasteiger partial charge in [0, 0.05) is 11.6 Å². The van der Waals surface area contributed by atoms with E-state index in [2.05, 4.69) is 0 Å². The molecule has 0 aliphatic heterocycles. The van der Waals surface area contributed by atoms with Gasteiger partial charge in [0.2, 0.25) is 0 Å².